The molecule has 1 unspecified atom stereocenters. The number of aryl methyl sites for hydroxylation is 1. The van der Waals surface area contributed by atoms with E-state index >= 15 is 0 Å². The Kier molecular flexibility index (Phi) is 7.60. The molecule has 0 fully saturated rings. The van der Waals surface area contributed by atoms with Crippen molar-refractivity contribution >= 4 is 31.5 Å². The summed E-state index contributed by atoms with van der Waals surface area (Å²) in [6.45, 7) is 4.79. The van der Waals surface area contributed by atoms with Gasteiger partial charge in [0.2, 0.25) is 0 Å². The number of benzene rings is 8. The summed E-state index contributed by atoms with van der Waals surface area (Å²) >= 11 is 1.90. The standard InChI is InChI=1S/C55H42S/c1-54(2)48-22-12-9-19-42(48)44-30-27-38(35-51(44)54)41(37-28-32-53-47(34-37)45-21-11-14-24-52(45)56-53)29-25-36-26-31-50-46(33-36)43-20-10-13-23-49(43)55(50,39-15-5-3-6-16-39)40-17-7-4-8-18-40/h3-24,26-28,30-35,41H,25,29H2,1-2H3. The fraction of sp³-hybridized carbons (Fsp3) is 0.127. The van der Waals surface area contributed by atoms with Crippen molar-refractivity contribution in [3.63, 3.8) is 0 Å². The van der Waals surface area contributed by atoms with Crippen molar-refractivity contribution in [1.29, 1.82) is 0 Å². The average Bonchev–Trinajstić information content (AvgIpc) is 3.85. The van der Waals surface area contributed by atoms with Gasteiger partial charge in [-0.3, -0.25) is 0 Å². The van der Waals surface area contributed by atoms with Crippen LogP contribution < -0.4 is 0 Å². The van der Waals surface area contributed by atoms with E-state index in [1.54, 1.807) is 0 Å². The number of hydrogen-bond acceptors (Lipinski definition) is 1. The summed E-state index contributed by atoms with van der Waals surface area (Å²) in [6, 6.07) is 71.2. The minimum atomic E-state index is -0.372. The maximum atomic E-state index is 2.54. The van der Waals surface area contributed by atoms with Gasteiger partial charge in [-0.15, -0.1) is 11.3 Å². The summed E-state index contributed by atoms with van der Waals surface area (Å²) in [7, 11) is 0. The molecule has 0 amide bonds. The second kappa shape index (κ2) is 12.8. The number of fused-ring (bicyclic) bond motifs is 9. The van der Waals surface area contributed by atoms with E-state index in [1.807, 2.05) is 11.3 Å². The Bertz CT molecular complexity index is 2910. The zero-order chi connectivity index (χ0) is 37.4. The van der Waals surface area contributed by atoms with Crippen molar-refractivity contribution in [2.24, 2.45) is 0 Å². The zero-order valence-electron chi connectivity index (χ0n) is 31.8. The van der Waals surface area contributed by atoms with Gasteiger partial charge in [0.05, 0.1) is 5.41 Å². The average molecular weight is 735 g/mol. The minimum Gasteiger partial charge on any atom is -0.135 e. The molecular weight excluding hydrogens is 693 g/mol. The Morgan fingerprint density at radius 2 is 1.00 bits per heavy atom. The molecule has 1 atom stereocenters. The Morgan fingerprint density at radius 3 is 1.77 bits per heavy atom. The van der Waals surface area contributed by atoms with Gasteiger partial charge in [-0.1, -0.05) is 184 Å². The molecule has 1 heterocycles. The highest BCUT2D eigenvalue weighted by molar-refractivity contribution is 7.25. The van der Waals surface area contributed by atoms with Crippen molar-refractivity contribution in [2.75, 3.05) is 0 Å². The molecule has 1 aromatic heterocycles. The van der Waals surface area contributed by atoms with Crippen LogP contribution in [-0.4, -0.2) is 0 Å². The van der Waals surface area contributed by atoms with E-state index in [1.165, 1.54) is 92.5 Å². The lowest BCUT2D eigenvalue weighted by Gasteiger charge is -2.33. The molecule has 0 saturated heterocycles. The van der Waals surface area contributed by atoms with Gasteiger partial charge in [0.15, 0.2) is 0 Å². The molecule has 0 aliphatic heterocycles. The molecule has 11 rings (SSSR count). The second-order valence-electron chi connectivity index (χ2n) is 16.3. The molecule has 2 aliphatic rings. The normalized spacial score (nSPS) is 15.0. The van der Waals surface area contributed by atoms with Gasteiger partial charge in [0, 0.05) is 31.5 Å². The first-order valence-corrected chi connectivity index (χ1v) is 20.8. The Balaban J connectivity index is 1.03. The van der Waals surface area contributed by atoms with Gasteiger partial charge in [-0.2, -0.15) is 0 Å². The lowest BCUT2D eigenvalue weighted by molar-refractivity contribution is 0.654. The first-order chi connectivity index (χ1) is 27.5. The molecule has 1 heteroatoms. The van der Waals surface area contributed by atoms with Crippen LogP contribution in [0, 0.1) is 0 Å². The highest BCUT2D eigenvalue weighted by Gasteiger charge is 2.46. The van der Waals surface area contributed by atoms with Crippen LogP contribution in [0.1, 0.15) is 76.3 Å². The van der Waals surface area contributed by atoms with E-state index in [0.29, 0.717) is 0 Å². The SMILES string of the molecule is CC1(C)c2ccccc2-c2ccc(C(CCc3ccc4c(c3)-c3ccccc3C4(c3ccccc3)c3ccccc3)c3ccc4sc5ccccc5c4c3)cc21. The smallest absolute Gasteiger partial charge is 0.0713 e. The molecule has 56 heavy (non-hydrogen) atoms. The zero-order valence-corrected chi connectivity index (χ0v) is 32.6. The summed E-state index contributed by atoms with van der Waals surface area (Å²) in [5.41, 5.74) is 17.4. The molecule has 0 radical (unpaired) electrons. The first-order valence-electron chi connectivity index (χ1n) is 20.0. The summed E-state index contributed by atoms with van der Waals surface area (Å²) in [5.74, 6) is 0.246. The topological polar surface area (TPSA) is 0 Å². The van der Waals surface area contributed by atoms with Crippen molar-refractivity contribution in [2.45, 2.75) is 43.4 Å². The van der Waals surface area contributed by atoms with Gasteiger partial charge in [0.1, 0.15) is 0 Å². The van der Waals surface area contributed by atoms with Crippen LogP contribution in [0.3, 0.4) is 0 Å². The third-order valence-electron chi connectivity index (χ3n) is 13.1. The van der Waals surface area contributed by atoms with Crippen molar-refractivity contribution < 1.29 is 0 Å². The largest absolute Gasteiger partial charge is 0.135 e. The molecule has 0 nitrogen and oxygen atoms in total. The first kappa shape index (κ1) is 33.3. The molecule has 0 spiro atoms. The molecule has 0 N–H and O–H groups in total. The van der Waals surface area contributed by atoms with Crippen molar-refractivity contribution in [3.8, 4) is 22.3 Å². The summed E-state index contributed by atoms with van der Waals surface area (Å²) < 4.78 is 2.71. The fourth-order valence-electron chi connectivity index (χ4n) is 10.4. The van der Waals surface area contributed by atoms with E-state index in [9.17, 15) is 0 Å². The highest BCUT2D eigenvalue weighted by atomic mass is 32.1. The molecule has 8 aromatic carbocycles. The molecule has 0 saturated carbocycles. The van der Waals surface area contributed by atoms with Crippen LogP contribution in [0.25, 0.3) is 42.4 Å². The van der Waals surface area contributed by atoms with Gasteiger partial charge < -0.3 is 0 Å². The van der Waals surface area contributed by atoms with Crippen LogP contribution in [0.4, 0.5) is 0 Å². The Hall–Kier alpha value is -6.02. The van der Waals surface area contributed by atoms with Crippen LogP contribution >= 0.6 is 11.3 Å². The Morgan fingerprint density at radius 1 is 0.429 bits per heavy atom. The maximum absolute atomic E-state index is 2.54. The summed E-state index contributed by atoms with van der Waals surface area (Å²) in [5, 5.41) is 2.73. The van der Waals surface area contributed by atoms with E-state index in [2.05, 4.69) is 202 Å². The third kappa shape index (κ3) is 4.90. The van der Waals surface area contributed by atoms with Gasteiger partial charge in [-0.05, 0) is 103 Å². The van der Waals surface area contributed by atoms with Crippen LogP contribution in [0.2, 0.25) is 0 Å². The predicted molar refractivity (Wildman–Crippen MR) is 237 cm³/mol. The summed E-state index contributed by atoms with van der Waals surface area (Å²) in [4.78, 5) is 0. The molecule has 9 aromatic rings. The van der Waals surface area contributed by atoms with E-state index in [4.69, 9.17) is 0 Å². The van der Waals surface area contributed by atoms with E-state index in [0.717, 1.165) is 12.8 Å². The second-order valence-corrected chi connectivity index (χ2v) is 17.4. The predicted octanol–water partition coefficient (Wildman–Crippen LogP) is 14.5. The Labute approximate surface area is 333 Å². The molecule has 0 bridgehead atoms. The van der Waals surface area contributed by atoms with E-state index in [-0.39, 0.29) is 16.7 Å². The number of hydrogen-bond donors (Lipinski definition) is 0. The van der Waals surface area contributed by atoms with Crippen LogP contribution in [-0.2, 0) is 17.3 Å². The summed E-state index contributed by atoms with van der Waals surface area (Å²) in [6.07, 6.45) is 2.00. The molecule has 268 valence electrons. The highest BCUT2D eigenvalue weighted by Crippen LogP contribution is 2.56. The fourth-order valence-corrected chi connectivity index (χ4v) is 11.5. The lowest BCUT2D eigenvalue weighted by atomic mass is 9.67. The monoisotopic (exact) mass is 734 g/mol. The molecular formula is C55H42S. The maximum Gasteiger partial charge on any atom is 0.0713 e. The number of rotatable bonds is 7. The molecule has 2 aliphatic carbocycles. The van der Waals surface area contributed by atoms with Gasteiger partial charge >= 0.3 is 0 Å². The van der Waals surface area contributed by atoms with Gasteiger partial charge in [0.25, 0.3) is 0 Å². The van der Waals surface area contributed by atoms with Gasteiger partial charge in [-0.25, -0.2) is 0 Å². The van der Waals surface area contributed by atoms with Crippen LogP contribution in [0.15, 0.2) is 188 Å². The lowest BCUT2D eigenvalue weighted by Crippen LogP contribution is -2.28. The van der Waals surface area contributed by atoms with Crippen LogP contribution in [0.5, 0.6) is 0 Å². The minimum absolute atomic E-state index is 0.0443. The number of thiophene rings is 1. The van der Waals surface area contributed by atoms with Crippen molar-refractivity contribution in [1.82, 2.24) is 0 Å². The van der Waals surface area contributed by atoms with Crippen molar-refractivity contribution in [3.05, 3.63) is 238 Å². The third-order valence-corrected chi connectivity index (χ3v) is 14.2. The quantitative estimate of drug-likeness (QED) is 0.153. The van der Waals surface area contributed by atoms with E-state index < -0.39 is 0 Å².